The summed E-state index contributed by atoms with van der Waals surface area (Å²) in [6.45, 7) is 9.98. The highest BCUT2D eigenvalue weighted by atomic mass is 35.5. The standard InChI is InChI=1S/C19H18ClF3N2O.C8H12N2.C2H6/c1-3-18(19(21,22)23)24-25(17-7-5-4-6-16(17)20)13(2)15-10-8-14(12-26)9-11-15;1-7-4-3-5-8(10-7)6-9-2;1-2/h4-13H,3H2,1-2H3;3-5,9H,6H2,1-2H3;1-2H3/b24-18+;;. The lowest BCUT2D eigenvalue weighted by molar-refractivity contribution is -0.0605. The van der Waals surface area contributed by atoms with Crippen molar-refractivity contribution in [3.05, 3.63) is 94.3 Å². The highest BCUT2D eigenvalue weighted by Gasteiger charge is 2.36. The Balaban J connectivity index is 0.000000501. The Bertz CT molecular complexity index is 1150. The molecule has 206 valence electrons. The molecule has 0 aliphatic rings. The molecule has 9 heteroatoms. The molecule has 38 heavy (non-hydrogen) atoms. The Morgan fingerprint density at radius 2 is 1.71 bits per heavy atom. The van der Waals surface area contributed by atoms with Gasteiger partial charge in [0.25, 0.3) is 0 Å². The third kappa shape index (κ3) is 10.3. The van der Waals surface area contributed by atoms with Crippen LogP contribution < -0.4 is 10.3 Å². The maximum absolute atomic E-state index is 13.2. The van der Waals surface area contributed by atoms with Crippen LogP contribution in [0, 0.1) is 6.92 Å². The number of pyridine rings is 1. The average molecular weight is 549 g/mol. The summed E-state index contributed by atoms with van der Waals surface area (Å²) in [5.41, 5.74) is 2.84. The highest BCUT2D eigenvalue weighted by molar-refractivity contribution is 6.33. The van der Waals surface area contributed by atoms with E-state index in [4.69, 9.17) is 11.6 Å². The van der Waals surface area contributed by atoms with E-state index in [9.17, 15) is 18.0 Å². The molecule has 0 saturated heterocycles. The summed E-state index contributed by atoms with van der Waals surface area (Å²) in [6, 6.07) is 18.7. The quantitative estimate of drug-likeness (QED) is 0.175. The van der Waals surface area contributed by atoms with Crippen molar-refractivity contribution in [3.63, 3.8) is 0 Å². The summed E-state index contributed by atoms with van der Waals surface area (Å²) in [7, 11) is 1.92. The molecule has 0 saturated carbocycles. The van der Waals surface area contributed by atoms with Crippen molar-refractivity contribution in [2.24, 2.45) is 5.10 Å². The summed E-state index contributed by atoms with van der Waals surface area (Å²) in [5, 5.41) is 8.50. The van der Waals surface area contributed by atoms with E-state index >= 15 is 0 Å². The fourth-order valence-electron chi connectivity index (χ4n) is 3.32. The Hall–Kier alpha value is -3.23. The third-order valence-electron chi connectivity index (χ3n) is 5.22. The van der Waals surface area contributed by atoms with Gasteiger partial charge in [0.1, 0.15) is 12.0 Å². The van der Waals surface area contributed by atoms with Crippen molar-refractivity contribution < 1.29 is 18.0 Å². The summed E-state index contributed by atoms with van der Waals surface area (Å²) in [6.07, 6.45) is -4.09. The second-order valence-corrected chi connectivity index (χ2v) is 8.36. The monoisotopic (exact) mass is 548 g/mol. The van der Waals surface area contributed by atoms with Gasteiger partial charge < -0.3 is 5.32 Å². The molecule has 0 fully saturated rings. The smallest absolute Gasteiger partial charge is 0.314 e. The van der Waals surface area contributed by atoms with Crippen molar-refractivity contribution in [2.45, 2.75) is 59.8 Å². The minimum absolute atomic E-state index is 0.263. The van der Waals surface area contributed by atoms with E-state index in [1.165, 1.54) is 11.9 Å². The van der Waals surface area contributed by atoms with Crippen LogP contribution in [0.5, 0.6) is 0 Å². The molecule has 1 unspecified atom stereocenters. The van der Waals surface area contributed by atoms with Crippen LogP contribution in [0.25, 0.3) is 0 Å². The Kier molecular flexibility index (Phi) is 14.3. The molecule has 0 spiro atoms. The first kappa shape index (κ1) is 32.8. The summed E-state index contributed by atoms with van der Waals surface area (Å²) in [5.74, 6) is 0. The van der Waals surface area contributed by atoms with Crippen molar-refractivity contribution in [1.29, 1.82) is 0 Å². The molecule has 1 N–H and O–H groups in total. The van der Waals surface area contributed by atoms with Crippen molar-refractivity contribution in [3.8, 4) is 0 Å². The van der Waals surface area contributed by atoms with Crippen LogP contribution >= 0.6 is 11.6 Å². The van der Waals surface area contributed by atoms with E-state index in [1.807, 2.05) is 46.0 Å². The molecule has 3 aromatic rings. The van der Waals surface area contributed by atoms with E-state index in [2.05, 4.69) is 15.4 Å². The molecule has 1 atom stereocenters. The maximum atomic E-state index is 13.2. The van der Waals surface area contributed by atoms with Crippen molar-refractivity contribution >= 4 is 29.3 Å². The van der Waals surface area contributed by atoms with Gasteiger partial charge in [0.05, 0.1) is 22.4 Å². The summed E-state index contributed by atoms with van der Waals surface area (Å²) >= 11 is 6.20. The van der Waals surface area contributed by atoms with E-state index in [0.29, 0.717) is 28.1 Å². The fraction of sp³-hybridized carbons (Fsp3) is 0.345. The van der Waals surface area contributed by atoms with Gasteiger partial charge in [0, 0.05) is 17.8 Å². The van der Waals surface area contributed by atoms with Gasteiger partial charge in [-0.3, -0.25) is 14.8 Å². The number of hydrazone groups is 1. The molecule has 0 aliphatic carbocycles. The number of para-hydroxylation sites is 1. The first-order valence-electron chi connectivity index (χ1n) is 12.4. The van der Waals surface area contributed by atoms with Gasteiger partial charge >= 0.3 is 6.18 Å². The first-order valence-corrected chi connectivity index (χ1v) is 12.8. The molecule has 2 aromatic carbocycles. The minimum Gasteiger partial charge on any atom is -0.314 e. The summed E-state index contributed by atoms with van der Waals surface area (Å²) in [4.78, 5) is 15.1. The van der Waals surface area contributed by atoms with E-state index in [1.54, 1.807) is 55.5 Å². The van der Waals surface area contributed by atoms with Gasteiger partial charge in [0.2, 0.25) is 0 Å². The molecule has 5 nitrogen and oxygen atoms in total. The number of aldehydes is 1. The zero-order chi connectivity index (χ0) is 28.7. The van der Waals surface area contributed by atoms with Crippen LogP contribution in [0.1, 0.15) is 67.5 Å². The van der Waals surface area contributed by atoms with E-state index in [0.717, 1.165) is 17.9 Å². The van der Waals surface area contributed by atoms with Crippen LogP contribution in [-0.4, -0.2) is 30.2 Å². The number of anilines is 1. The first-order chi connectivity index (χ1) is 18.1. The lowest BCUT2D eigenvalue weighted by atomic mass is 10.1. The van der Waals surface area contributed by atoms with Crippen LogP contribution in [0.3, 0.4) is 0 Å². The molecular formula is C29H36ClF3N4O. The Morgan fingerprint density at radius 3 is 2.21 bits per heavy atom. The Labute approximate surface area is 228 Å². The van der Waals surface area contributed by atoms with Crippen LogP contribution in [0.4, 0.5) is 18.9 Å². The fourth-order valence-corrected chi connectivity index (χ4v) is 3.54. The number of halogens is 4. The van der Waals surface area contributed by atoms with Gasteiger partial charge in [-0.25, -0.2) is 0 Å². The summed E-state index contributed by atoms with van der Waals surface area (Å²) < 4.78 is 39.7. The highest BCUT2D eigenvalue weighted by Crippen LogP contribution is 2.34. The number of alkyl halides is 3. The number of aryl methyl sites for hydroxylation is 1. The molecular weight excluding hydrogens is 513 g/mol. The normalized spacial score (nSPS) is 11.9. The SMILES string of the molecule is CC.CC/C(=N\N(c1ccccc1Cl)C(C)c1ccc(C=O)cc1)C(F)(F)F.CNCc1cccc(C)n1. The van der Waals surface area contributed by atoms with Gasteiger partial charge in [0.15, 0.2) is 0 Å². The van der Waals surface area contributed by atoms with Gasteiger partial charge in [-0.05, 0) is 57.1 Å². The van der Waals surface area contributed by atoms with Crippen molar-refractivity contribution in [2.75, 3.05) is 12.1 Å². The minimum atomic E-state index is -4.53. The third-order valence-corrected chi connectivity index (χ3v) is 5.54. The molecule has 1 heterocycles. The average Bonchev–Trinajstić information content (AvgIpc) is 2.91. The number of hydrogen-bond acceptors (Lipinski definition) is 5. The molecule has 3 rings (SSSR count). The molecule has 0 radical (unpaired) electrons. The largest absolute Gasteiger partial charge is 0.431 e. The van der Waals surface area contributed by atoms with Gasteiger partial charge in [-0.2, -0.15) is 18.3 Å². The number of aromatic nitrogens is 1. The zero-order valence-corrected chi connectivity index (χ0v) is 23.4. The molecule has 0 aliphatic heterocycles. The Morgan fingerprint density at radius 1 is 1.08 bits per heavy atom. The number of carbonyl (C=O) groups excluding carboxylic acids is 1. The molecule has 0 bridgehead atoms. The predicted octanol–water partition coefficient (Wildman–Crippen LogP) is 8.18. The number of benzene rings is 2. The zero-order valence-electron chi connectivity index (χ0n) is 22.7. The van der Waals surface area contributed by atoms with E-state index < -0.39 is 17.9 Å². The molecule has 0 amide bonds. The lowest BCUT2D eigenvalue weighted by Crippen LogP contribution is -2.29. The number of carbonyl (C=O) groups is 1. The van der Waals surface area contributed by atoms with Crippen LogP contribution in [0.2, 0.25) is 5.02 Å². The second-order valence-electron chi connectivity index (χ2n) is 7.96. The number of nitrogens with one attached hydrogen (secondary N) is 1. The maximum Gasteiger partial charge on any atom is 0.431 e. The topological polar surface area (TPSA) is 57.6 Å². The predicted molar refractivity (Wildman–Crippen MR) is 151 cm³/mol. The molecule has 1 aromatic heterocycles. The van der Waals surface area contributed by atoms with Crippen molar-refractivity contribution in [1.82, 2.24) is 10.3 Å². The van der Waals surface area contributed by atoms with E-state index in [-0.39, 0.29) is 6.42 Å². The van der Waals surface area contributed by atoms with Crippen LogP contribution in [0.15, 0.2) is 71.8 Å². The van der Waals surface area contributed by atoms with Gasteiger partial charge in [-0.1, -0.05) is 74.8 Å². The number of hydrogen-bond donors (Lipinski definition) is 1. The number of rotatable bonds is 8. The van der Waals surface area contributed by atoms with Gasteiger partial charge in [-0.15, -0.1) is 0 Å². The second kappa shape index (κ2) is 16.6. The lowest BCUT2D eigenvalue weighted by Gasteiger charge is -2.29. The number of nitrogens with zero attached hydrogens (tertiary/aromatic N) is 3. The van der Waals surface area contributed by atoms with Crippen LogP contribution in [-0.2, 0) is 6.54 Å².